The van der Waals surface area contributed by atoms with Gasteiger partial charge in [-0.15, -0.1) is 0 Å². The predicted octanol–water partition coefficient (Wildman–Crippen LogP) is 4.81. The number of esters is 4. The van der Waals surface area contributed by atoms with Crippen LogP contribution in [0.5, 0.6) is 0 Å². The van der Waals surface area contributed by atoms with Crippen LogP contribution in [0.15, 0.2) is 60.7 Å². The number of rotatable bonds is 5. The minimum Gasteiger partial charge on any atom is -0.465 e. The van der Waals surface area contributed by atoms with Crippen LogP contribution < -0.4 is 0 Å². The normalized spacial score (nSPS) is 10.7. The summed E-state index contributed by atoms with van der Waals surface area (Å²) in [4.78, 5) is 49.3. The summed E-state index contributed by atoms with van der Waals surface area (Å²) in [6.45, 7) is 0. The van der Waals surface area contributed by atoms with Gasteiger partial charge in [0, 0.05) is 0 Å². The first-order chi connectivity index (χ1) is 17.3. The van der Waals surface area contributed by atoms with Crippen LogP contribution in [0.2, 0.25) is 0 Å². The lowest BCUT2D eigenvalue weighted by atomic mass is 9.89. The SMILES string of the molecule is COC(=O)c1ccc2c(-c3ccc(C(=O)OC)c4cc(C(=O)OC)ccc34)ccc(C(=O)OC)c2c1. The van der Waals surface area contributed by atoms with Crippen molar-refractivity contribution in [1.29, 1.82) is 0 Å². The van der Waals surface area contributed by atoms with Crippen LogP contribution in [-0.4, -0.2) is 52.3 Å². The summed E-state index contributed by atoms with van der Waals surface area (Å²) in [5, 5.41) is 2.35. The molecule has 0 amide bonds. The highest BCUT2D eigenvalue weighted by molar-refractivity contribution is 6.16. The molecule has 8 heteroatoms. The van der Waals surface area contributed by atoms with Crippen molar-refractivity contribution in [2.45, 2.75) is 0 Å². The molecule has 0 saturated carbocycles. The highest BCUT2D eigenvalue weighted by atomic mass is 16.5. The summed E-state index contributed by atoms with van der Waals surface area (Å²) in [6.07, 6.45) is 0. The van der Waals surface area contributed by atoms with Gasteiger partial charge in [0.25, 0.3) is 0 Å². The summed E-state index contributed by atoms with van der Waals surface area (Å²) in [7, 11) is 5.12. The van der Waals surface area contributed by atoms with E-state index in [0.717, 1.165) is 11.1 Å². The monoisotopic (exact) mass is 486 g/mol. The van der Waals surface area contributed by atoms with Crippen molar-refractivity contribution >= 4 is 45.4 Å². The molecule has 0 unspecified atom stereocenters. The minimum atomic E-state index is -0.554. The lowest BCUT2D eigenvalue weighted by Gasteiger charge is -2.15. The van der Waals surface area contributed by atoms with Crippen molar-refractivity contribution in [1.82, 2.24) is 0 Å². The zero-order valence-corrected chi connectivity index (χ0v) is 20.0. The zero-order chi connectivity index (χ0) is 26.0. The fourth-order valence-electron chi connectivity index (χ4n) is 4.23. The Morgan fingerprint density at radius 1 is 0.444 bits per heavy atom. The molecule has 0 fully saturated rings. The van der Waals surface area contributed by atoms with E-state index < -0.39 is 23.9 Å². The number of hydrogen-bond donors (Lipinski definition) is 0. The van der Waals surface area contributed by atoms with Crippen LogP contribution >= 0.6 is 0 Å². The van der Waals surface area contributed by atoms with Crippen molar-refractivity contribution in [2.24, 2.45) is 0 Å². The third-order valence-corrected chi connectivity index (χ3v) is 5.98. The topological polar surface area (TPSA) is 105 Å². The highest BCUT2D eigenvalue weighted by Crippen LogP contribution is 2.37. The third-order valence-electron chi connectivity index (χ3n) is 5.98. The summed E-state index contributed by atoms with van der Waals surface area (Å²) in [5.74, 6) is -2.19. The van der Waals surface area contributed by atoms with Gasteiger partial charge >= 0.3 is 23.9 Å². The first-order valence-electron chi connectivity index (χ1n) is 10.8. The molecule has 4 rings (SSSR count). The molecule has 0 atom stereocenters. The lowest BCUT2D eigenvalue weighted by Crippen LogP contribution is -2.06. The van der Waals surface area contributed by atoms with Gasteiger partial charge in [0.2, 0.25) is 0 Å². The van der Waals surface area contributed by atoms with Crippen molar-refractivity contribution < 1.29 is 38.1 Å². The van der Waals surface area contributed by atoms with Gasteiger partial charge in [0.05, 0.1) is 50.7 Å². The molecular formula is C28H22O8. The Bertz CT molecular complexity index is 1430. The van der Waals surface area contributed by atoms with Gasteiger partial charge in [-0.1, -0.05) is 24.3 Å². The third kappa shape index (κ3) is 4.13. The number of ether oxygens (including phenoxy) is 4. The maximum absolute atomic E-state index is 12.5. The lowest BCUT2D eigenvalue weighted by molar-refractivity contribution is 0.0590. The molecule has 4 aromatic rings. The fraction of sp³-hybridized carbons (Fsp3) is 0.143. The Kier molecular flexibility index (Phi) is 6.69. The van der Waals surface area contributed by atoms with Gasteiger partial charge in [0.15, 0.2) is 0 Å². The first kappa shape index (κ1) is 24.4. The second-order valence-electron chi connectivity index (χ2n) is 7.81. The van der Waals surface area contributed by atoms with Crippen molar-refractivity contribution in [3.05, 3.63) is 82.9 Å². The Morgan fingerprint density at radius 2 is 0.806 bits per heavy atom. The van der Waals surface area contributed by atoms with Crippen LogP contribution in [0.3, 0.4) is 0 Å². The van der Waals surface area contributed by atoms with Crippen LogP contribution in [-0.2, 0) is 18.9 Å². The molecule has 0 aromatic heterocycles. The summed E-state index contributed by atoms with van der Waals surface area (Å²) in [5.41, 5.74) is 2.60. The van der Waals surface area contributed by atoms with Gasteiger partial charge in [-0.05, 0) is 69.1 Å². The number of hydrogen-bond acceptors (Lipinski definition) is 8. The molecule has 4 aromatic carbocycles. The Hall–Kier alpha value is -4.72. The van der Waals surface area contributed by atoms with Gasteiger partial charge in [-0.25, -0.2) is 19.2 Å². The molecule has 0 heterocycles. The van der Waals surface area contributed by atoms with E-state index in [1.807, 2.05) is 0 Å². The smallest absolute Gasteiger partial charge is 0.338 e. The van der Waals surface area contributed by atoms with E-state index in [4.69, 9.17) is 18.9 Å². The van der Waals surface area contributed by atoms with Crippen molar-refractivity contribution in [3.63, 3.8) is 0 Å². The molecule has 36 heavy (non-hydrogen) atoms. The molecule has 0 saturated heterocycles. The van der Waals surface area contributed by atoms with Crippen LogP contribution in [0, 0.1) is 0 Å². The van der Waals surface area contributed by atoms with Crippen molar-refractivity contribution in [2.75, 3.05) is 28.4 Å². The molecule has 0 aliphatic carbocycles. The summed E-state index contributed by atoms with van der Waals surface area (Å²) < 4.78 is 19.5. The molecule has 8 nitrogen and oxygen atoms in total. The van der Waals surface area contributed by atoms with E-state index in [9.17, 15) is 19.2 Å². The number of carbonyl (C=O) groups is 4. The maximum Gasteiger partial charge on any atom is 0.338 e. The molecular weight excluding hydrogens is 464 g/mol. The van der Waals surface area contributed by atoms with Crippen LogP contribution in [0.4, 0.5) is 0 Å². The van der Waals surface area contributed by atoms with E-state index in [0.29, 0.717) is 21.5 Å². The summed E-state index contributed by atoms with van der Waals surface area (Å²) in [6, 6.07) is 16.6. The van der Waals surface area contributed by atoms with E-state index >= 15 is 0 Å². The first-order valence-corrected chi connectivity index (χ1v) is 10.8. The molecule has 0 aliphatic heterocycles. The predicted molar refractivity (Wildman–Crippen MR) is 132 cm³/mol. The minimum absolute atomic E-state index is 0.279. The van der Waals surface area contributed by atoms with Gasteiger partial charge in [-0.2, -0.15) is 0 Å². The fourth-order valence-corrected chi connectivity index (χ4v) is 4.23. The Labute approximate surface area is 206 Å². The second-order valence-corrected chi connectivity index (χ2v) is 7.81. The Balaban J connectivity index is 2.06. The number of fused-ring (bicyclic) bond motifs is 2. The van der Waals surface area contributed by atoms with E-state index in [2.05, 4.69) is 0 Å². The molecule has 0 N–H and O–H groups in total. The highest BCUT2D eigenvalue weighted by Gasteiger charge is 2.20. The summed E-state index contributed by atoms with van der Waals surface area (Å²) >= 11 is 0. The zero-order valence-electron chi connectivity index (χ0n) is 20.0. The largest absolute Gasteiger partial charge is 0.465 e. The van der Waals surface area contributed by atoms with Crippen LogP contribution in [0.1, 0.15) is 41.4 Å². The molecule has 0 radical (unpaired) electrons. The number of carbonyl (C=O) groups excluding carboxylic acids is 4. The number of benzene rings is 4. The van der Waals surface area contributed by atoms with E-state index in [1.54, 1.807) is 60.7 Å². The maximum atomic E-state index is 12.5. The van der Waals surface area contributed by atoms with E-state index in [-0.39, 0.29) is 22.3 Å². The quantitative estimate of drug-likeness (QED) is 0.292. The van der Waals surface area contributed by atoms with Crippen molar-refractivity contribution in [3.8, 4) is 11.1 Å². The molecule has 0 aliphatic rings. The average Bonchev–Trinajstić information content (AvgIpc) is 2.93. The molecule has 0 bridgehead atoms. The second kappa shape index (κ2) is 9.87. The van der Waals surface area contributed by atoms with Gasteiger partial charge < -0.3 is 18.9 Å². The van der Waals surface area contributed by atoms with Gasteiger partial charge in [-0.3, -0.25) is 0 Å². The molecule has 0 spiro atoms. The van der Waals surface area contributed by atoms with Crippen LogP contribution in [0.25, 0.3) is 32.7 Å². The molecule has 182 valence electrons. The van der Waals surface area contributed by atoms with Gasteiger partial charge in [0.1, 0.15) is 0 Å². The Morgan fingerprint density at radius 3 is 1.14 bits per heavy atom. The average molecular weight is 486 g/mol. The van der Waals surface area contributed by atoms with E-state index in [1.165, 1.54) is 28.4 Å². The standard InChI is InChI=1S/C28H22O8/c1-33-25(29)15-5-7-19-17(9-11-21(23(19)13-15)27(31)35-3)18-10-12-22(28(32)36-4)24-14-16(26(30)34-2)6-8-20(18)24/h5-14H,1-4H3. The number of methoxy groups -OCH3 is 4.